The molecule has 0 N–H and O–H groups in total. The first-order chi connectivity index (χ1) is 12.1. The van der Waals surface area contributed by atoms with E-state index in [1.54, 1.807) is 36.4 Å². The third-order valence-electron chi connectivity index (χ3n) is 4.96. The predicted molar refractivity (Wildman–Crippen MR) is 94.5 cm³/mol. The van der Waals surface area contributed by atoms with E-state index in [0.29, 0.717) is 11.1 Å². The van der Waals surface area contributed by atoms with Gasteiger partial charge in [0, 0.05) is 17.6 Å². The second kappa shape index (κ2) is 7.48. The summed E-state index contributed by atoms with van der Waals surface area (Å²) < 4.78 is 13.0. The van der Waals surface area contributed by atoms with Crippen LogP contribution in [0.25, 0.3) is 0 Å². The lowest BCUT2D eigenvalue weighted by Crippen LogP contribution is -2.40. The van der Waals surface area contributed by atoms with Crippen LogP contribution in [-0.2, 0) is 6.42 Å². The van der Waals surface area contributed by atoms with E-state index in [0.717, 1.165) is 31.2 Å². The lowest BCUT2D eigenvalue weighted by molar-refractivity contribution is 0.0673. The van der Waals surface area contributed by atoms with Crippen molar-refractivity contribution in [2.24, 2.45) is 0 Å². The summed E-state index contributed by atoms with van der Waals surface area (Å²) in [5, 5.41) is 8.89. The van der Waals surface area contributed by atoms with Crippen molar-refractivity contribution in [1.82, 2.24) is 4.90 Å². The van der Waals surface area contributed by atoms with Crippen LogP contribution in [0.15, 0.2) is 48.5 Å². The Labute approximate surface area is 147 Å². The molecular weight excluding hydrogens is 315 g/mol. The van der Waals surface area contributed by atoms with Crippen molar-refractivity contribution in [3.63, 3.8) is 0 Å². The second-order valence-corrected chi connectivity index (χ2v) is 6.65. The molecule has 128 valence electrons. The number of benzene rings is 2. The average Bonchev–Trinajstić information content (AvgIpc) is 3.01. The number of carbonyl (C=O) groups excluding carboxylic acids is 1. The number of carbonyl (C=O) groups is 1. The normalized spacial score (nSPS) is 19.6. The fraction of sp³-hybridized carbons (Fsp3) is 0.333. The van der Waals surface area contributed by atoms with Gasteiger partial charge in [0.05, 0.1) is 11.6 Å². The molecule has 3 nitrogen and oxygen atoms in total. The molecule has 2 aromatic rings. The van der Waals surface area contributed by atoms with Gasteiger partial charge in [-0.3, -0.25) is 4.79 Å². The van der Waals surface area contributed by atoms with Crippen LogP contribution in [0, 0.1) is 17.1 Å². The van der Waals surface area contributed by atoms with Gasteiger partial charge in [0.25, 0.3) is 5.91 Å². The standard InChI is InChI=1S/C21H21FN2O/c1-15-2-12-20(13-7-16-5-10-19(22)11-6-16)24(15)21(25)18-8-3-17(14-23)4-9-18/h3-6,8-11,15,20H,2,7,12-13H2,1H3/t15-,20-/m1/s1. The molecule has 0 aliphatic carbocycles. The minimum absolute atomic E-state index is 0.0265. The first-order valence-electron chi connectivity index (χ1n) is 8.66. The zero-order valence-corrected chi connectivity index (χ0v) is 14.3. The fourth-order valence-corrected chi connectivity index (χ4v) is 3.54. The molecule has 2 aromatic carbocycles. The van der Waals surface area contributed by atoms with Gasteiger partial charge in [-0.2, -0.15) is 5.26 Å². The van der Waals surface area contributed by atoms with Gasteiger partial charge in [0.15, 0.2) is 0 Å². The third-order valence-corrected chi connectivity index (χ3v) is 4.96. The highest BCUT2D eigenvalue weighted by atomic mass is 19.1. The molecule has 1 fully saturated rings. The van der Waals surface area contributed by atoms with Crippen molar-refractivity contribution in [3.05, 3.63) is 71.0 Å². The van der Waals surface area contributed by atoms with Crippen LogP contribution >= 0.6 is 0 Å². The van der Waals surface area contributed by atoms with Crippen LogP contribution in [0.5, 0.6) is 0 Å². The monoisotopic (exact) mass is 336 g/mol. The number of likely N-dealkylation sites (tertiary alicyclic amines) is 1. The van der Waals surface area contributed by atoms with Crippen molar-refractivity contribution >= 4 is 5.91 Å². The SMILES string of the molecule is C[C@@H]1CC[C@H](CCc2ccc(F)cc2)N1C(=O)c1ccc(C#N)cc1. The number of halogens is 1. The van der Waals surface area contributed by atoms with Gasteiger partial charge in [0.2, 0.25) is 0 Å². The Bertz CT molecular complexity index is 777. The Kier molecular flexibility index (Phi) is 5.14. The summed E-state index contributed by atoms with van der Waals surface area (Å²) in [6.07, 6.45) is 3.69. The van der Waals surface area contributed by atoms with Crippen LogP contribution < -0.4 is 0 Å². The van der Waals surface area contributed by atoms with Crippen LogP contribution in [-0.4, -0.2) is 22.9 Å². The van der Waals surface area contributed by atoms with E-state index < -0.39 is 0 Å². The van der Waals surface area contributed by atoms with Crippen molar-refractivity contribution < 1.29 is 9.18 Å². The van der Waals surface area contributed by atoms with Gasteiger partial charge in [0.1, 0.15) is 5.82 Å². The number of aryl methyl sites for hydroxylation is 1. The maximum atomic E-state index is 13.0. The molecule has 1 heterocycles. The molecule has 1 saturated heterocycles. The zero-order valence-electron chi connectivity index (χ0n) is 14.3. The van der Waals surface area contributed by atoms with Gasteiger partial charge < -0.3 is 4.90 Å². The van der Waals surface area contributed by atoms with E-state index in [1.165, 1.54) is 12.1 Å². The van der Waals surface area contributed by atoms with Crippen molar-refractivity contribution in [1.29, 1.82) is 5.26 Å². The van der Waals surface area contributed by atoms with Crippen LogP contribution in [0.3, 0.4) is 0 Å². The molecule has 0 spiro atoms. The zero-order chi connectivity index (χ0) is 17.8. The molecule has 1 aliphatic heterocycles. The Morgan fingerprint density at radius 3 is 2.48 bits per heavy atom. The van der Waals surface area contributed by atoms with E-state index >= 15 is 0 Å². The highest BCUT2D eigenvalue weighted by Gasteiger charge is 2.34. The fourth-order valence-electron chi connectivity index (χ4n) is 3.54. The van der Waals surface area contributed by atoms with Gasteiger partial charge in [-0.15, -0.1) is 0 Å². The maximum absolute atomic E-state index is 13.0. The second-order valence-electron chi connectivity index (χ2n) is 6.65. The smallest absolute Gasteiger partial charge is 0.254 e. The minimum atomic E-state index is -0.226. The van der Waals surface area contributed by atoms with Crippen molar-refractivity contribution in [3.8, 4) is 6.07 Å². The summed E-state index contributed by atoms with van der Waals surface area (Å²) in [6, 6.07) is 15.9. The van der Waals surface area contributed by atoms with Crippen LogP contribution in [0.2, 0.25) is 0 Å². The largest absolute Gasteiger partial charge is 0.333 e. The van der Waals surface area contributed by atoms with Crippen LogP contribution in [0.1, 0.15) is 47.7 Å². The van der Waals surface area contributed by atoms with E-state index in [2.05, 4.69) is 13.0 Å². The van der Waals surface area contributed by atoms with Crippen LogP contribution in [0.4, 0.5) is 4.39 Å². The van der Waals surface area contributed by atoms with Crippen molar-refractivity contribution in [2.45, 2.75) is 44.7 Å². The summed E-state index contributed by atoms with van der Waals surface area (Å²) in [6.45, 7) is 2.08. The molecule has 4 heteroatoms. The number of nitrogens with zero attached hydrogens (tertiary/aromatic N) is 2. The van der Waals surface area contributed by atoms with Crippen molar-refractivity contribution in [2.75, 3.05) is 0 Å². The maximum Gasteiger partial charge on any atom is 0.254 e. The summed E-state index contributed by atoms with van der Waals surface area (Å²) in [7, 11) is 0. The van der Waals surface area contributed by atoms with Gasteiger partial charge in [-0.05, 0) is 74.6 Å². The molecule has 0 aromatic heterocycles. The first kappa shape index (κ1) is 17.2. The summed E-state index contributed by atoms with van der Waals surface area (Å²) in [4.78, 5) is 14.9. The molecule has 25 heavy (non-hydrogen) atoms. The van der Waals surface area contributed by atoms with Gasteiger partial charge >= 0.3 is 0 Å². The first-order valence-corrected chi connectivity index (χ1v) is 8.66. The Balaban J connectivity index is 1.70. The molecule has 0 radical (unpaired) electrons. The minimum Gasteiger partial charge on any atom is -0.333 e. The average molecular weight is 336 g/mol. The number of amides is 1. The quantitative estimate of drug-likeness (QED) is 0.834. The number of hydrogen-bond donors (Lipinski definition) is 0. The molecule has 2 atom stereocenters. The predicted octanol–water partition coefficient (Wildman–Crippen LogP) is 4.32. The summed E-state index contributed by atoms with van der Waals surface area (Å²) in [5.74, 6) is -0.200. The summed E-state index contributed by atoms with van der Waals surface area (Å²) in [5.41, 5.74) is 2.27. The topological polar surface area (TPSA) is 44.1 Å². The van der Waals surface area contributed by atoms with E-state index in [-0.39, 0.29) is 23.8 Å². The van der Waals surface area contributed by atoms with Gasteiger partial charge in [-0.25, -0.2) is 4.39 Å². The van der Waals surface area contributed by atoms with Gasteiger partial charge in [-0.1, -0.05) is 12.1 Å². The molecular formula is C21H21FN2O. The number of hydrogen-bond acceptors (Lipinski definition) is 2. The molecule has 1 amide bonds. The highest BCUT2D eigenvalue weighted by molar-refractivity contribution is 5.95. The van der Waals surface area contributed by atoms with E-state index in [4.69, 9.17) is 5.26 Å². The number of rotatable bonds is 4. The van der Waals surface area contributed by atoms with E-state index in [1.807, 2.05) is 4.90 Å². The Hall–Kier alpha value is -2.67. The van der Waals surface area contributed by atoms with E-state index in [9.17, 15) is 9.18 Å². The lowest BCUT2D eigenvalue weighted by atomic mass is 10.0. The molecule has 3 rings (SSSR count). The third kappa shape index (κ3) is 3.88. The Morgan fingerprint density at radius 2 is 1.84 bits per heavy atom. The molecule has 0 unspecified atom stereocenters. The Morgan fingerprint density at radius 1 is 1.16 bits per heavy atom. The highest BCUT2D eigenvalue weighted by Crippen LogP contribution is 2.29. The number of nitriles is 1. The molecule has 1 aliphatic rings. The molecule has 0 saturated carbocycles. The molecule has 0 bridgehead atoms. The lowest BCUT2D eigenvalue weighted by Gasteiger charge is -2.29. The summed E-state index contributed by atoms with van der Waals surface area (Å²) >= 11 is 0.